The van der Waals surface area contributed by atoms with Crippen LogP contribution in [0.2, 0.25) is 0 Å². The van der Waals surface area contributed by atoms with E-state index in [0.29, 0.717) is 19.0 Å². The monoisotopic (exact) mass is 404 g/mol. The topological polar surface area (TPSA) is 61.6 Å². The summed E-state index contributed by atoms with van der Waals surface area (Å²) < 4.78 is 5.87. The first-order chi connectivity index (χ1) is 14.5. The minimum atomic E-state index is -0.0399. The molecular formula is C24H28N4O2. The van der Waals surface area contributed by atoms with E-state index in [1.165, 1.54) is 11.1 Å². The second kappa shape index (κ2) is 8.71. The number of rotatable bonds is 4. The Labute approximate surface area is 177 Å². The van der Waals surface area contributed by atoms with Crippen molar-refractivity contribution in [1.29, 1.82) is 0 Å². The van der Waals surface area contributed by atoms with E-state index < -0.39 is 0 Å². The van der Waals surface area contributed by atoms with Gasteiger partial charge in [-0.05, 0) is 56.2 Å². The molecule has 1 saturated heterocycles. The SMILES string of the molecule is Cc1ccc(NC(=O)N2CCN(Cc3nc(-c4ccccc4)oc3C)CC2)cc1C. The van der Waals surface area contributed by atoms with Crippen LogP contribution in [0.4, 0.5) is 10.5 Å². The van der Waals surface area contributed by atoms with Crippen molar-refractivity contribution in [3.63, 3.8) is 0 Å². The molecule has 1 aromatic heterocycles. The van der Waals surface area contributed by atoms with Gasteiger partial charge in [0.15, 0.2) is 0 Å². The van der Waals surface area contributed by atoms with Crippen LogP contribution < -0.4 is 5.32 Å². The summed E-state index contributed by atoms with van der Waals surface area (Å²) >= 11 is 0. The number of benzene rings is 2. The average molecular weight is 405 g/mol. The minimum Gasteiger partial charge on any atom is -0.441 e. The molecule has 1 aliphatic heterocycles. The van der Waals surface area contributed by atoms with E-state index in [2.05, 4.69) is 24.1 Å². The maximum atomic E-state index is 12.6. The number of aryl methyl sites for hydroxylation is 3. The predicted octanol–water partition coefficient (Wildman–Crippen LogP) is 4.62. The van der Waals surface area contributed by atoms with Gasteiger partial charge in [0.25, 0.3) is 0 Å². The quantitative estimate of drug-likeness (QED) is 0.689. The number of hydrogen-bond donors (Lipinski definition) is 1. The van der Waals surface area contributed by atoms with Gasteiger partial charge in [0.05, 0.1) is 5.69 Å². The summed E-state index contributed by atoms with van der Waals surface area (Å²) in [7, 11) is 0. The highest BCUT2D eigenvalue weighted by Gasteiger charge is 2.23. The number of oxazole rings is 1. The third kappa shape index (κ3) is 4.54. The van der Waals surface area contributed by atoms with Gasteiger partial charge in [-0.25, -0.2) is 9.78 Å². The third-order valence-corrected chi connectivity index (χ3v) is 5.70. The number of urea groups is 1. The lowest BCUT2D eigenvalue weighted by atomic mass is 10.1. The molecule has 4 rings (SSSR count). The predicted molar refractivity (Wildman–Crippen MR) is 118 cm³/mol. The Hall–Kier alpha value is -3.12. The molecule has 0 radical (unpaired) electrons. The van der Waals surface area contributed by atoms with Crippen molar-refractivity contribution in [2.75, 3.05) is 31.5 Å². The molecule has 0 unspecified atom stereocenters. The number of nitrogens with one attached hydrogen (secondary N) is 1. The third-order valence-electron chi connectivity index (χ3n) is 5.70. The number of nitrogens with zero attached hydrogens (tertiary/aromatic N) is 3. The molecule has 0 saturated carbocycles. The second-order valence-corrected chi connectivity index (χ2v) is 7.88. The molecule has 1 aliphatic rings. The summed E-state index contributed by atoms with van der Waals surface area (Å²) in [4.78, 5) is 21.5. The molecule has 2 amide bonds. The zero-order chi connectivity index (χ0) is 21.1. The van der Waals surface area contributed by atoms with Crippen LogP contribution in [0, 0.1) is 20.8 Å². The van der Waals surface area contributed by atoms with Gasteiger partial charge in [-0.2, -0.15) is 0 Å². The van der Waals surface area contributed by atoms with Crippen molar-refractivity contribution in [3.8, 4) is 11.5 Å². The van der Waals surface area contributed by atoms with E-state index >= 15 is 0 Å². The van der Waals surface area contributed by atoms with Gasteiger partial charge in [0.2, 0.25) is 5.89 Å². The molecule has 30 heavy (non-hydrogen) atoms. The van der Waals surface area contributed by atoms with Crippen LogP contribution in [0.15, 0.2) is 52.9 Å². The highest BCUT2D eigenvalue weighted by Crippen LogP contribution is 2.23. The normalized spacial score (nSPS) is 14.7. The maximum Gasteiger partial charge on any atom is 0.321 e. The van der Waals surface area contributed by atoms with Gasteiger partial charge >= 0.3 is 6.03 Å². The van der Waals surface area contributed by atoms with E-state index in [4.69, 9.17) is 9.40 Å². The van der Waals surface area contributed by atoms with Crippen LogP contribution >= 0.6 is 0 Å². The van der Waals surface area contributed by atoms with Gasteiger partial charge < -0.3 is 14.6 Å². The average Bonchev–Trinajstić information content (AvgIpc) is 3.12. The van der Waals surface area contributed by atoms with E-state index in [1.807, 2.05) is 60.4 Å². The molecule has 2 aromatic carbocycles. The maximum absolute atomic E-state index is 12.6. The van der Waals surface area contributed by atoms with Gasteiger partial charge in [-0.3, -0.25) is 4.90 Å². The molecule has 6 nitrogen and oxygen atoms in total. The van der Waals surface area contributed by atoms with E-state index in [1.54, 1.807) is 0 Å². The van der Waals surface area contributed by atoms with Crippen LogP contribution in [-0.2, 0) is 6.54 Å². The molecule has 0 bridgehead atoms. The summed E-state index contributed by atoms with van der Waals surface area (Å²) in [5.74, 6) is 1.51. The molecule has 0 spiro atoms. The Balaban J connectivity index is 1.32. The van der Waals surface area contributed by atoms with Crippen LogP contribution in [0.5, 0.6) is 0 Å². The first kappa shape index (κ1) is 20.2. The van der Waals surface area contributed by atoms with Crippen molar-refractivity contribution < 1.29 is 9.21 Å². The number of amides is 2. The van der Waals surface area contributed by atoms with Gasteiger partial charge in [-0.15, -0.1) is 0 Å². The molecule has 1 N–H and O–H groups in total. The summed E-state index contributed by atoms with van der Waals surface area (Å²) in [6.45, 7) is 9.83. The van der Waals surface area contributed by atoms with Crippen LogP contribution in [0.25, 0.3) is 11.5 Å². The number of aromatic nitrogens is 1. The smallest absolute Gasteiger partial charge is 0.321 e. The van der Waals surface area contributed by atoms with Gasteiger partial charge in [0, 0.05) is 44.0 Å². The zero-order valence-electron chi connectivity index (χ0n) is 17.8. The molecule has 6 heteroatoms. The highest BCUT2D eigenvalue weighted by atomic mass is 16.4. The summed E-state index contributed by atoms with van der Waals surface area (Å²) in [5, 5.41) is 3.02. The Kier molecular flexibility index (Phi) is 5.86. The fourth-order valence-electron chi connectivity index (χ4n) is 3.62. The lowest BCUT2D eigenvalue weighted by Gasteiger charge is -2.34. The minimum absolute atomic E-state index is 0.0399. The van der Waals surface area contributed by atoms with Crippen LogP contribution in [-0.4, -0.2) is 47.0 Å². The first-order valence-electron chi connectivity index (χ1n) is 10.4. The van der Waals surface area contributed by atoms with Gasteiger partial charge in [0.1, 0.15) is 5.76 Å². The number of piperazine rings is 1. The van der Waals surface area contributed by atoms with Crippen molar-refractivity contribution in [3.05, 3.63) is 71.1 Å². The van der Waals surface area contributed by atoms with E-state index in [-0.39, 0.29) is 6.03 Å². The lowest BCUT2D eigenvalue weighted by Crippen LogP contribution is -2.49. The van der Waals surface area contributed by atoms with Crippen LogP contribution in [0.1, 0.15) is 22.6 Å². The van der Waals surface area contributed by atoms with Gasteiger partial charge in [-0.1, -0.05) is 24.3 Å². The Bertz CT molecular complexity index is 1020. The summed E-state index contributed by atoms with van der Waals surface area (Å²) in [6.07, 6.45) is 0. The zero-order valence-corrected chi connectivity index (χ0v) is 17.8. The first-order valence-corrected chi connectivity index (χ1v) is 10.4. The molecule has 0 aliphatic carbocycles. The van der Waals surface area contributed by atoms with Crippen LogP contribution in [0.3, 0.4) is 0 Å². The van der Waals surface area contributed by atoms with E-state index in [0.717, 1.165) is 42.3 Å². The number of hydrogen-bond acceptors (Lipinski definition) is 4. The lowest BCUT2D eigenvalue weighted by molar-refractivity contribution is 0.141. The highest BCUT2D eigenvalue weighted by molar-refractivity contribution is 5.89. The standard InChI is InChI=1S/C24H28N4O2/c1-17-9-10-21(15-18(17)2)25-24(29)28-13-11-27(12-14-28)16-22-19(3)30-23(26-22)20-7-5-4-6-8-20/h4-10,15H,11-14,16H2,1-3H3,(H,25,29). The number of carbonyl (C=O) groups is 1. The Morgan fingerprint density at radius 3 is 2.43 bits per heavy atom. The Morgan fingerprint density at radius 2 is 1.73 bits per heavy atom. The second-order valence-electron chi connectivity index (χ2n) is 7.88. The van der Waals surface area contributed by atoms with Crippen molar-refractivity contribution >= 4 is 11.7 Å². The van der Waals surface area contributed by atoms with Crippen molar-refractivity contribution in [1.82, 2.24) is 14.8 Å². The molecular weight excluding hydrogens is 376 g/mol. The molecule has 3 aromatic rings. The van der Waals surface area contributed by atoms with E-state index in [9.17, 15) is 4.79 Å². The van der Waals surface area contributed by atoms with Crippen molar-refractivity contribution in [2.24, 2.45) is 0 Å². The summed E-state index contributed by atoms with van der Waals surface area (Å²) in [6, 6.07) is 15.9. The number of anilines is 1. The largest absolute Gasteiger partial charge is 0.441 e. The summed E-state index contributed by atoms with van der Waals surface area (Å²) in [5.41, 5.74) is 5.19. The number of carbonyl (C=O) groups excluding carboxylic acids is 1. The molecule has 1 fully saturated rings. The fraction of sp³-hybridized carbons (Fsp3) is 0.333. The van der Waals surface area contributed by atoms with Crippen molar-refractivity contribution in [2.45, 2.75) is 27.3 Å². The Morgan fingerprint density at radius 1 is 1.00 bits per heavy atom. The molecule has 0 atom stereocenters. The fourth-order valence-corrected chi connectivity index (χ4v) is 3.62. The molecule has 2 heterocycles. The molecule has 156 valence electrons.